The van der Waals surface area contributed by atoms with E-state index in [9.17, 15) is 5.11 Å². The van der Waals surface area contributed by atoms with Crippen LogP contribution in [0.2, 0.25) is 0 Å². The monoisotopic (exact) mass is 313 g/mol. The second-order valence-electron chi connectivity index (χ2n) is 8.23. The zero-order valence-corrected chi connectivity index (χ0v) is 13.8. The molecule has 4 aliphatic rings. The first kappa shape index (κ1) is 14.4. The minimum Gasteiger partial charge on any atom is -0.384 e. The third-order valence-corrected chi connectivity index (χ3v) is 7.21. The molecule has 3 nitrogen and oxygen atoms in total. The number of hydrogen-bond donors (Lipinski definition) is 2. The quantitative estimate of drug-likeness (QED) is 0.901. The molecule has 1 heterocycles. The molecule has 1 spiro atoms. The molecule has 3 fully saturated rings. The summed E-state index contributed by atoms with van der Waals surface area (Å²) < 4.78 is 6.01. The zero-order chi connectivity index (χ0) is 15.5. The second kappa shape index (κ2) is 5.05. The molecule has 1 aliphatic heterocycles. The first-order valence-electron chi connectivity index (χ1n) is 9.39. The predicted molar refractivity (Wildman–Crippen MR) is 89.2 cm³/mol. The normalized spacial score (nSPS) is 40.1. The van der Waals surface area contributed by atoms with Gasteiger partial charge < -0.3 is 15.2 Å². The van der Waals surface area contributed by atoms with Crippen molar-refractivity contribution < 1.29 is 9.84 Å². The number of benzene rings is 1. The van der Waals surface area contributed by atoms with Gasteiger partial charge in [-0.3, -0.25) is 0 Å². The lowest BCUT2D eigenvalue weighted by Crippen LogP contribution is -2.71. The Morgan fingerprint density at radius 2 is 2.04 bits per heavy atom. The molecule has 5 rings (SSSR count). The lowest BCUT2D eigenvalue weighted by molar-refractivity contribution is -0.179. The van der Waals surface area contributed by atoms with Crippen LogP contribution >= 0.6 is 0 Å². The first-order chi connectivity index (χ1) is 11.2. The summed E-state index contributed by atoms with van der Waals surface area (Å²) in [6.07, 6.45) is 8.71. The van der Waals surface area contributed by atoms with Crippen LogP contribution in [0.3, 0.4) is 0 Å². The summed E-state index contributed by atoms with van der Waals surface area (Å²) in [4.78, 5) is 0. The van der Waals surface area contributed by atoms with E-state index in [4.69, 9.17) is 4.74 Å². The Labute approximate surface area is 138 Å². The molecule has 4 atom stereocenters. The van der Waals surface area contributed by atoms with Crippen LogP contribution in [0, 0.1) is 11.3 Å². The van der Waals surface area contributed by atoms with Gasteiger partial charge >= 0.3 is 0 Å². The molecule has 4 unspecified atom stereocenters. The Hall–Kier alpha value is -0.900. The van der Waals surface area contributed by atoms with Crippen molar-refractivity contribution in [1.29, 1.82) is 0 Å². The van der Waals surface area contributed by atoms with Crippen molar-refractivity contribution in [2.45, 2.75) is 62.7 Å². The first-order valence-corrected chi connectivity index (χ1v) is 9.39. The highest BCUT2D eigenvalue weighted by Crippen LogP contribution is 2.62. The molecule has 124 valence electrons. The number of rotatable bonds is 3. The van der Waals surface area contributed by atoms with E-state index >= 15 is 0 Å². The molecule has 0 amide bonds. The molecule has 1 saturated heterocycles. The van der Waals surface area contributed by atoms with Crippen LogP contribution in [0.25, 0.3) is 0 Å². The summed E-state index contributed by atoms with van der Waals surface area (Å²) in [6, 6.07) is 9.01. The molecule has 0 radical (unpaired) electrons. The van der Waals surface area contributed by atoms with Crippen molar-refractivity contribution in [1.82, 2.24) is 5.32 Å². The average molecular weight is 313 g/mol. The van der Waals surface area contributed by atoms with Crippen LogP contribution in [0.5, 0.6) is 0 Å². The SMILES string of the molecule is OC1(CNC2C3CCOC3C23CCC3)CCCc2ccccc21. The van der Waals surface area contributed by atoms with Crippen molar-refractivity contribution >= 4 is 0 Å². The van der Waals surface area contributed by atoms with Crippen LogP contribution in [-0.2, 0) is 16.8 Å². The minimum atomic E-state index is -0.690. The number of ether oxygens (including phenoxy) is 1. The standard InChI is InChI=1S/C20H27NO2/c22-20(11-3-6-14-5-1-2-7-16(14)20)13-21-17-15-8-12-23-18(15)19(17)9-4-10-19/h1-2,5,7,15,17-18,21-22H,3-4,6,8-13H2. The molecular weight excluding hydrogens is 286 g/mol. The van der Waals surface area contributed by atoms with Crippen LogP contribution in [0.15, 0.2) is 24.3 Å². The van der Waals surface area contributed by atoms with E-state index in [2.05, 4.69) is 29.6 Å². The fourth-order valence-electron chi connectivity index (χ4n) is 5.92. The minimum absolute atomic E-state index is 0.395. The number of fused-ring (bicyclic) bond motifs is 3. The molecule has 1 aromatic rings. The Bertz CT molecular complexity index is 611. The highest BCUT2D eigenvalue weighted by Gasteiger charge is 2.66. The van der Waals surface area contributed by atoms with Gasteiger partial charge in [0.15, 0.2) is 0 Å². The van der Waals surface area contributed by atoms with Crippen molar-refractivity contribution in [2.75, 3.05) is 13.2 Å². The fraction of sp³-hybridized carbons (Fsp3) is 0.700. The van der Waals surface area contributed by atoms with Gasteiger partial charge in [-0.2, -0.15) is 0 Å². The van der Waals surface area contributed by atoms with E-state index in [1.54, 1.807) is 0 Å². The summed E-state index contributed by atoms with van der Waals surface area (Å²) in [7, 11) is 0. The van der Waals surface area contributed by atoms with E-state index in [0.29, 0.717) is 30.0 Å². The van der Waals surface area contributed by atoms with Crippen molar-refractivity contribution in [3.8, 4) is 0 Å². The average Bonchev–Trinajstić information content (AvgIpc) is 2.92. The molecule has 2 N–H and O–H groups in total. The van der Waals surface area contributed by atoms with E-state index in [1.165, 1.54) is 31.2 Å². The summed E-state index contributed by atoms with van der Waals surface area (Å²) in [5, 5.41) is 15.1. The van der Waals surface area contributed by atoms with Gasteiger partial charge in [-0.1, -0.05) is 30.7 Å². The number of hydrogen-bond acceptors (Lipinski definition) is 3. The van der Waals surface area contributed by atoms with Gasteiger partial charge in [0.2, 0.25) is 0 Å². The van der Waals surface area contributed by atoms with Crippen LogP contribution in [0.1, 0.15) is 49.7 Å². The van der Waals surface area contributed by atoms with Gasteiger partial charge in [0, 0.05) is 30.5 Å². The maximum atomic E-state index is 11.3. The molecule has 2 saturated carbocycles. The zero-order valence-electron chi connectivity index (χ0n) is 13.8. The van der Waals surface area contributed by atoms with Gasteiger partial charge in [0.1, 0.15) is 5.60 Å². The smallest absolute Gasteiger partial charge is 0.102 e. The van der Waals surface area contributed by atoms with Gasteiger partial charge in [0.05, 0.1) is 6.10 Å². The lowest BCUT2D eigenvalue weighted by atomic mass is 9.46. The molecule has 3 aliphatic carbocycles. The molecule has 23 heavy (non-hydrogen) atoms. The Morgan fingerprint density at radius 1 is 1.17 bits per heavy atom. The van der Waals surface area contributed by atoms with E-state index in [1.807, 2.05) is 0 Å². The summed E-state index contributed by atoms with van der Waals surface area (Å²) >= 11 is 0. The maximum Gasteiger partial charge on any atom is 0.102 e. The summed E-state index contributed by atoms with van der Waals surface area (Å²) in [5.41, 5.74) is 2.19. The van der Waals surface area contributed by atoms with Gasteiger partial charge in [-0.25, -0.2) is 0 Å². The number of aryl methyl sites for hydroxylation is 1. The number of aliphatic hydroxyl groups is 1. The van der Waals surface area contributed by atoms with Gasteiger partial charge in [-0.15, -0.1) is 0 Å². The lowest BCUT2D eigenvalue weighted by Gasteiger charge is -2.63. The van der Waals surface area contributed by atoms with Crippen LogP contribution < -0.4 is 5.32 Å². The fourth-order valence-corrected chi connectivity index (χ4v) is 5.92. The molecule has 1 aromatic carbocycles. The molecule has 0 aromatic heterocycles. The van der Waals surface area contributed by atoms with Gasteiger partial charge in [-0.05, 0) is 49.7 Å². The topological polar surface area (TPSA) is 41.5 Å². The van der Waals surface area contributed by atoms with Crippen molar-refractivity contribution in [3.05, 3.63) is 35.4 Å². The third kappa shape index (κ3) is 1.93. The molecule has 3 heteroatoms. The Morgan fingerprint density at radius 3 is 2.87 bits per heavy atom. The van der Waals surface area contributed by atoms with Gasteiger partial charge in [0.25, 0.3) is 0 Å². The summed E-state index contributed by atoms with van der Waals surface area (Å²) in [6.45, 7) is 1.63. The van der Waals surface area contributed by atoms with Crippen LogP contribution in [0.4, 0.5) is 0 Å². The molecular formula is C20H27NO2. The largest absolute Gasteiger partial charge is 0.384 e. The molecule has 0 bridgehead atoms. The second-order valence-corrected chi connectivity index (χ2v) is 8.23. The van der Waals surface area contributed by atoms with E-state index in [0.717, 1.165) is 31.4 Å². The number of nitrogens with one attached hydrogen (secondary N) is 1. The van der Waals surface area contributed by atoms with E-state index < -0.39 is 5.60 Å². The maximum absolute atomic E-state index is 11.3. The van der Waals surface area contributed by atoms with E-state index in [-0.39, 0.29) is 0 Å². The Balaban J connectivity index is 1.35. The van der Waals surface area contributed by atoms with Crippen molar-refractivity contribution in [3.63, 3.8) is 0 Å². The highest BCUT2D eigenvalue weighted by molar-refractivity contribution is 5.35. The Kier molecular flexibility index (Phi) is 3.17. The third-order valence-electron chi connectivity index (χ3n) is 7.21. The highest BCUT2D eigenvalue weighted by atomic mass is 16.5. The van der Waals surface area contributed by atoms with Crippen LogP contribution in [-0.4, -0.2) is 30.4 Å². The van der Waals surface area contributed by atoms with Crippen molar-refractivity contribution in [2.24, 2.45) is 11.3 Å². The predicted octanol–water partition coefficient (Wildman–Crippen LogP) is 2.76. The summed E-state index contributed by atoms with van der Waals surface area (Å²) in [5.74, 6) is 0.678.